The molecular weight excluding hydrogens is 452 g/mol. The second-order valence-corrected chi connectivity index (χ2v) is 11.3. The molecular formula is C28H36N6O2. The minimum atomic E-state index is -0.220. The standard InChI is InChI=1S/C28H36N6O2/c1-16(2)14-34(15-22-17(3)9-18(4)30-25(22)35)26(36)20-10-23(31-24-21(20)13-29-32-24)19-11-27(5,6)33-28(7,8)12-19/h9-11,13,33H,1,12,14-15H2,2-8H3,(H,30,35)(H,29,31,32). The van der Waals surface area contributed by atoms with Gasteiger partial charge in [0, 0.05) is 28.9 Å². The van der Waals surface area contributed by atoms with Crippen molar-refractivity contribution in [3.05, 3.63) is 75.0 Å². The van der Waals surface area contributed by atoms with Gasteiger partial charge in [0.2, 0.25) is 0 Å². The van der Waals surface area contributed by atoms with Crippen LogP contribution < -0.4 is 10.9 Å². The largest absolute Gasteiger partial charge is 0.330 e. The molecule has 0 fully saturated rings. The fourth-order valence-corrected chi connectivity index (χ4v) is 5.31. The summed E-state index contributed by atoms with van der Waals surface area (Å²) in [7, 11) is 0. The number of aryl methyl sites for hydroxylation is 2. The molecule has 190 valence electrons. The predicted octanol–water partition coefficient (Wildman–Crippen LogP) is 4.42. The second-order valence-electron chi connectivity index (χ2n) is 11.3. The highest BCUT2D eigenvalue weighted by atomic mass is 16.2. The Hall–Kier alpha value is -3.52. The van der Waals surface area contributed by atoms with Crippen LogP contribution in [0.15, 0.2) is 41.4 Å². The molecule has 3 aromatic rings. The van der Waals surface area contributed by atoms with E-state index in [-0.39, 0.29) is 29.1 Å². The van der Waals surface area contributed by atoms with Crippen molar-refractivity contribution in [1.82, 2.24) is 30.4 Å². The molecule has 36 heavy (non-hydrogen) atoms. The van der Waals surface area contributed by atoms with E-state index in [1.54, 1.807) is 11.1 Å². The molecule has 0 aromatic carbocycles. The average Bonchev–Trinajstić information content (AvgIpc) is 3.20. The van der Waals surface area contributed by atoms with E-state index in [9.17, 15) is 9.59 Å². The van der Waals surface area contributed by atoms with Crippen LogP contribution in [0.2, 0.25) is 0 Å². The lowest BCUT2D eigenvalue weighted by Gasteiger charge is -2.41. The zero-order valence-corrected chi connectivity index (χ0v) is 22.3. The zero-order valence-electron chi connectivity index (χ0n) is 22.3. The number of hydrogen-bond acceptors (Lipinski definition) is 5. The molecule has 1 aliphatic heterocycles. The maximum absolute atomic E-state index is 14.0. The van der Waals surface area contributed by atoms with Crippen LogP contribution in [0.5, 0.6) is 0 Å². The third-order valence-electron chi connectivity index (χ3n) is 6.40. The van der Waals surface area contributed by atoms with Gasteiger partial charge in [-0.25, -0.2) is 4.98 Å². The van der Waals surface area contributed by atoms with E-state index in [0.29, 0.717) is 28.7 Å². The summed E-state index contributed by atoms with van der Waals surface area (Å²) in [5.41, 5.74) is 5.39. The van der Waals surface area contributed by atoms with Gasteiger partial charge in [0.15, 0.2) is 5.65 Å². The fraction of sp³-hybridized carbons (Fsp3) is 0.429. The number of aromatic nitrogens is 4. The minimum Gasteiger partial charge on any atom is -0.330 e. The van der Waals surface area contributed by atoms with Gasteiger partial charge in [-0.05, 0) is 78.2 Å². The van der Waals surface area contributed by atoms with Crippen molar-refractivity contribution >= 4 is 22.5 Å². The van der Waals surface area contributed by atoms with E-state index in [0.717, 1.165) is 34.5 Å². The van der Waals surface area contributed by atoms with E-state index < -0.39 is 0 Å². The first-order chi connectivity index (χ1) is 16.7. The van der Waals surface area contributed by atoms with Crippen LogP contribution in [-0.4, -0.2) is 48.6 Å². The molecule has 3 N–H and O–H groups in total. The first kappa shape index (κ1) is 25.6. The monoisotopic (exact) mass is 488 g/mol. The van der Waals surface area contributed by atoms with Crippen molar-refractivity contribution in [2.45, 2.75) is 72.5 Å². The Labute approximate surface area is 211 Å². The normalized spacial score (nSPS) is 16.6. The second kappa shape index (κ2) is 9.17. The highest BCUT2D eigenvalue weighted by Gasteiger charge is 2.33. The Morgan fingerprint density at radius 2 is 1.92 bits per heavy atom. The smallest absolute Gasteiger partial charge is 0.255 e. The lowest BCUT2D eigenvalue weighted by molar-refractivity contribution is 0.0759. The number of nitrogens with zero attached hydrogens (tertiary/aromatic N) is 3. The molecule has 0 saturated carbocycles. The first-order valence-electron chi connectivity index (χ1n) is 12.2. The molecule has 3 aromatic heterocycles. The van der Waals surface area contributed by atoms with Crippen LogP contribution in [0.4, 0.5) is 0 Å². The van der Waals surface area contributed by atoms with E-state index in [1.807, 2.05) is 32.9 Å². The molecule has 1 amide bonds. The summed E-state index contributed by atoms with van der Waals surface area (Å²) in [4.78, 5) is 36.1. The van der Waals surface area contributed by atoms with Gasteiger partial charge in [-0.2, -0.15) is 5.10 Å². The average molecular weight is 489 g/mol. The van der Waals surface area contributed by atoms with Crippen LogP contribution in [0.1, 0.15) is 73.9 Å². The summed E-state index contributed by atoms with van der Waals surface area (Å²) >= 11 is 0. The third-order valence-corrected chi connectivity index (χ3v) is 6.40. The van der Waals surface area contributed by atoms with Crippen molar-refractivity contribution in [3.8, 4) is 0 Å². The third kappa shape index (κ3) is 5.33. The van der Waals surface area contributed by atoms with Crippen molar-refractivity contribution in [2.75, 3.05) is 6.54 Å². The molecule has 0 aliphatic carbocycles. The molecule has 8 heteroatoms. The number of carbonyl (C=O) groups excluding carboxylic acids is 1. The molecule has 1 aliphatic rings. The molecule has 0 atom stereocenters. The number of nitrogens with one attached hydrogen (secondary N) is 3. The van der Waals surface area contributed by atoms with E-state index in [4.69, 9.17) is 4.98 Å². The quantitative estimate of drug-likeness (QED) is 0.446. The van der Waals surface area contributed by atoms with Crippen LogP contribution in [0.3, 0.4) is 0 Å². The molecule has 0 radical (unpaired) electrons. The van der Waals surface area contributed by atoms with Gasteiger partial charge in [-0.15, -0.1) is 0 Å². The Bertz CT molecular complexity index is 1440. The van der Waals surface area contributed by atoms with Crippen molar-refractivity contribution in [2.24, 2.45) is 0 Å². The predicted molar refractivity (Wildman–Crippen MR) is 144 cm³/mol. The van der Waals surface area contributed by atoms with E-state index in [1.165, 1.54) is 0 Å². The lowest BCUT2D eigenvalue weighted by Crippen LogP contribution is -2.53. The summed E-state index contributed by atoms with van der Waals surface area (Å²) in [5, 5.41) is 11.4. The summed E-state index contributed by atoms with van der Waals surface area (Å²) < 4.78 is 0. The van der Waals surface area contributed by atoms with Gasteiger partial charge in [0.25, 0.3) is 11.5 Å². The number of hydrogen-bond donors (Lipinski definition) is 3. The number of H-pyrrole nitrogens is 2. The molecule has 4 heterocycles. The Balaban J connectivity index is 1.81. The number of aromatic amines is 2. The molecule has 0 bridgehead atoms. The van der Waals surface area contributed by atoms with Crippen LogP contribution in [-0.2, 0) is 6.54 Å². The Morgan fingerprint density at radius 1 is 1.19 bits per heavy atom. The van der Waals surface area contributed by atoms with Gasteiger partial charge >= 0.3 is 0 Å². The number of fused-ring (bicyclic) bond motifs is 1. The van der Waals surface area contributed by atoms with Gasteiger partial charge in [-0.3, -0.25) is 14.7 Å². The maximum atomic E-state index is 14.0. The lowest BCUT2D eigenvalue weighted by atomic mass is 9.82. The molecule has 0 spiro atoms. The molecule has 8 nitrogen and oxygen atoms in total. The summed E-state index contributed by atoms with van der Waals surface area (Å²) in [6.45, 7) is 18.7. The van der Waals surface area contributed by atoms with Crippen molar-refractivity contribution in [3.63, 3.8) is 0 Å². The van der Waals surface area contributed by atoms with Gasteiger partial charge in [-0.1, -0.05) is 18.2 Å². The number of amides is 1. The molecule has 0 unspecified atom stereocenters. The first-order valence-corrected chi connectivity index (χ1v) is 12.2. The molecule has 0 saturated heterocycles. The molecule has 4 rings (SSSR count). The number of carbonyl (C=O) groups is 1. The van der Waals surface area contributed by atoms with E-state index in [2.05, 4.69) is 60.8 Å². The zero-order chi connectivity index (χ0) is 26.4. The van der Waals surface area contributed by atoms with Gasteiger partial charge in [0.1, 0.15) is 0 Å². The minimum absolute atomic E-state index is 0.127. The SMILES string of the molecule is C=C(C)CN(Cc1c(C)cc(C)[nH]c1=O)C(=O)c1cc(C2=CC(C)(C)NC(C)(C)C2)nc2[nH]ncc12. The Kier molecular flexibility index (Phi) is 6.51. The highest BCUT2D eigenvalue weighted by Crippen LogP contribution is 2.34. The van der Waals surface area contributed by atoms with Crippen LogP contribution in [0, 0.1) is 13.8 Å². The van der Waals surface area contributed by atoms with Gasteiger partial charge in [0.05, 0.1) is 29.4 Å². The van der Waals surface area contributed by atoms with Crippen molar-refractivity contribution < 1.29 is 4.79 Å². The summed E-state index contributed by atoms with van der Waals surface area (Å²) in [5.74, 6) is -0.194. The van der Waals surface area contributed by atoms with Crippen LogP contribution in [0.25, 0.3) is 16.6 Å². The maximum Gasteiger partial charge on any atom is 0.255 e. The Morgan fingerprint density at radius 3 is 2.56 bits per heavy atom. The summed E-state index contributed by atoms with van der Waals surface area (Å²) in [6, 6.07) is 3.78. The topological polar surface area (TPSA) is 107 Å². The highest BCUT2D eigenvalue weighted by molar-refractivity contribution is 6.06. The van der Waals surface area contributed by atoms with E-state index >= 15 is 0 Å². The number of rotatable bonds is 6. The van der Waals surface area contributed by atoms with Gasteiger partial charge < -0.3 is 15.2 Å². The fourth-order valence-electron chi connectivity index (χ4n) is 5.31. The number of pyridine rings is 2. The van der Waals surface area contributed by atoms with Crippen LogP contribution >= 0.6 is 0 Å². The summed E-state index contributed by atoms with van der Waals surface area (Å²) in [6.07, 6.45) is 4.58. The van der Waals surface area contributed by atoms with Crippen molar-refractivity contribution in [1.29, 1.82) is 0 Å².